The Bertz CT molecular complexity index is 251. The Balaban J connectivity index is 2.76. The standard InChI is InChI=1S/C9H13Cl3O3/c1-2-3-8(14)4-6(9(10,11)12)15-7(13)5-8/h6,14H,2-5H2,1H3/t6-,8-/m0/s1. The summed E-state index contributed by atoms with van der Waals surface area (Å²) in [6.45, 7) is 1.92. The second kappa shape index (κ2) is 4.66. The average molecular weight is 276 g/mol. The lowest BCUT2D eigenvalue weighted by Gasteiger charge is -2.38. The third-order valence-electron chi connectivity index (χ3n) is 2.39. The number of ether oxygens (including phenoxy) is 1. The molecule has 1 aliphatic rings. The van der Waals surface area contributed by atoms with Crippen LogP contribution in [0.4, 0.5) is 0 Å². The summed E-state index contributed by atoms with van der Waals surface area (Å²) in [5.74, 6) is -0.520. The van der Waals surface area contributed by atoms with Crippen LogP contribution in [0.5, 0.6) is 0 Å². The minimum absolute atomic E-state index is 0.0297. The molecule has 1 saturated heterocycles. The van der Waals surface area contributed by atoms with Crippen molar-refractivity contribution in [3.05, 3.63) is 0 Å². The van der Waals surface area contributed by atoms with Gasteiger partial charge in [0.2, 0.25) is 3.79 Å². The second-order valence-corrected chi connectivity index (χ2v) is 6.24. The quantitative estimate of drug-likeness (QED) is 0.622. The van der Waals surface area contributed by atoms with Crippen LogP contribution in [0.15, 0.2) is 0 Å². The van der Waals surface area contributed by atoms with Crippen LogP contribution in [0.2, 0.25) is 0 Å². The Morgan fingerprint density at radius 2 is 2.20 bits per heavy atom. The molecule has 2 atom stereocenters. The normalized spacial score (nSPS) is 32.6. The van der Waals surface area contributed by atoms with Gasteiger partial charge in [0.25, 0.3) is 0 Å². The van der Waals surface area contributed by atoms with E-state index in [1.54, 1.807) is 0 Å². The van der Waals surface area contributed by atoms with Crippen molar-refractivity contribution >= 4 is 40.8 Å². The molecular weight excluding hydrogens is 262 g/mol. The van der Waals surface area contributed by atoms with Crippen LogP contribution in [0, 0.1) is 0 Å². The van der Waals surface area contributed by atoms with Gasteiger partial charge in [-0.25, -0.2) is 0 Å². The minimum atomic E-state index is -1.68. The lowest BCUT2D eigenvalue weighted by molar-refractivity contribution is -0.170. The summed E-state index contributed by atoms with van der Waals surface area (Å²) in [5.41, 5.74) is -1.10. The molecule has 0 aromatic rings. The van der Waals surface area contributed by atoms with E-state index in [1.807, 2.05) is 6.92 Å². The highest BCUT2D eigenvalue weighted by molar-refractivity contribution is 6.68. The molecule has 1 aliphatic heterocycles. The molecule has 0 aliphatic carbocycles. The highest BCUT2D eigenvalue weighted by Crippen LogP contribution is 2.41. The topological polar surface area (TPSA) is 46.5 Å². The first-order valence-electron chi connectivity index (χ1n) is 4.75. The molecule has 0 unspecified atom stereocenters. The van der Waals surface area contributed by atoms with E-state index in [2.05, 4.69) is 0 Å². The van der Waals surface area contributed by atoms with Gasteiger partial charge in [0.05, 0.1) is 12.0 Å². The van der Waals surface area contributed by atoms with Crippen molar-refractivity contribution in [1.82, 2.24) is 0 Å². The number of esters is 1. The fraction of sp³-hybridized carbons (Fsp3) is 0.889. The number of halogens is 3. The maximum Gasteiger partial charge on any atom is 0.309 e. The van der Waals surface area contributed by atoms with Crippen molar-refractivity contribution in [2.24, 2.45) is 0 Å². The highest BCUT2D eigenvalue weighted by atomic mass is 35.6. The van der Waals surface area contributed by atoms with Crippen molar-refractivity contribution in [3.63, 3.8) is 0 Å². The maximum absolute atomic E-state index is 11.3. The highest BCUT2D eigenvalue weighted by Gasteiger charge is 2.47. The smallest absolute Gasteiger partial charge is 0.309 e. The fourth-order valence-corrected chi connectivity index (χ4v) is 2.13. The van der Waals surface area contributed by atoms with Gasteiger partial charge in [-0.2, -0.15) is 0 Å². The van der Waals surface area contributed by atoms with Crippen molar-refractivity contribution in [2.75, 3.05) is 0 Å². The SMILES string of the molecule is CCC[C@@]1(O)CC(=O)O[C@H](C(Cl)(Cl)Cl)C1. The first kappa shape index (κ1) is 13.4. The van der Waals surface area contributed by atoms with Gasteiger partial charge in [-0.3, -0.25) is 4.79 Å². The molecule has 1 N–H and O–H groups in total. The molecule has 3 nitrogen and oxygen atoms in total. The molecule has 15 heavy (non-hydrogen) atoms. The van der Waals surface area contributed by atoms with Gasteiger partial charge in [0.15, 0.2) is 6.10 Å². The van der Waals surface area contributed by atoms with Crippen molar-refractivity contribution < 1.29 is 14.6 Å². The van der Waals surface area contributed by atoms with Crippen LogP contribution in [0.25, 0.3) is 0 Å². The van der Waals surface area contributed by atoms with Gasteiger partial charge >= 0.3 is 5.97 Å². The Morgan fingerprint density at radius 3 is 2.67 bits per heavy atom. The molecule has 0 amide bonds. The Morgan fingerprint density at radius 1 is 1.60 bits per heavy atom. The van der Waals surface area contributed by atoms with Crippen LogP contribution in [-0.2, 0) is 9.53 Å². The first-order chi connectivity index (χ1) is 6.77. The lowest BCUT2D eigenvalue weighted by atomic mass is 9.86. The van der Waals surface area contributed by atoms with Gasteiger partial charge in [-0.05, 0) is 6.42 Å². The molecule has 1 heterocycles. The van der Waals surface area contributed by atoms with E-state index >= 15 is 0 Å². The Kier molecular flexibility index (Phi) is 4.15. The summed E-state index contributed by atoms with van der Waals surface area (Å²) in [6, 6.07) is 0. The minimum Gasteiger partial charge on any atom is -0.458 e. The molecule has 0 radical (unpaired) electrons. The van der Waals surface area contributed by atoms with Gasteiger partial charge < -0.3 is 9.84 Å². The number of hydrogen-bond donors (Lipinski definition) is 1. The molecule has 0 aromatic carbocycles. The van der Waals surface area contributed by atoms with E-state index in [0.717, 1.165) is 6.42 Å². The predicted octanol–water partition coefficient (Wildman–Crippen LogP) is 2.59. The molecule has 6 heteroatoms. The van der Waals surface area contributed by atoms with Gasteiger partial charge in [-0.1, -0.05) is 48.1 Å². The second-order valence-electron chi connectivity index (χ2n) is 3.88. The molecule has 1 rings (SSSR count). The van der Waals surface area contributed by atoms with E-state index in [1.165, 1.54) is 0 Å². The average Bonchev–Trinajstić information content (AvgIpc) is 2.00. The van der Waals surface area contributed by atoms with E-state index in [0.29, 0.717) is 6.42 Å². The van der Waals surface area contributed by atoms with Crippen LogP contribution < -0.4 is 0 Å². The summed E-state index contributed by atoms with van der Waals surface area (Å²) in [6.07, 6.45) is 0.525. The summed E-state index contributed by atoms with van der Waals surface area (Å²) in [7, 11) is 0. The third kappa shape index (κ3) is 3.66. The monoisotopic (exact) mass is 274 g/mol. The molecule has 88 valence electrons. The van der Waals surface area contributed by atoms with E-state index < -0.39 is 21.5 Å². The van der Waals surface area contributed by atoms with Gasteiger partial charge in [0.1, 0.15) is 0 Å². The summed E-state index contributed by atoms with van der Waals surface area (Å²) >= 11 is 16.9. The van der Waals surface area contributed by atoms with Gasteiger partial charge in [0, 0.05) is 6.42 Å². The number of cyclic esters (lactones) is 1. The first-order valence-corrected chi connectivity index (χ1v) is 5.89. The number of rotatable bonds is 2. The number of carbonyl (C=O) groups is 1. The van der Waals surface area contributed by atoms with Crippen LogP contribution in [-0.4, -0.2) is 26.6 Å². The van der Waals surface area contributed by atoms with E-state index in [9.17, 15) is 9.90 Å². The number of hydrogen-bond acceptors (Lipinski definition) is 3. The molecular formula is C9H13Cl3O3. The zero-order valence-electron chi connectivity index (χ0n) is 8.30. The Labute approximate surface area is 104 Å². The molecule has 0 saturated carbocycles. The Hall–Kier alpha value is 0.300. The summed E-state index contributed by atoms with van der Waals surface area (Å²) in [4.78, 5) is 11.3. The van der Waals surface area contributed by atoms with Gasteiger partial charge in [-0.15, -0.1) is 0 Å². The molecule has 1 fully saturated rings. The van der Waals surface area contributed by atoms with Crippen LogP contribution in [0.1, 0.15) is 32.6 Å². The zero-order valence-corrected chi connectivity index (χ0v) is 10.6. The number of carbonyl (C=O) groups excluding carboxylic acids is 1. The van der Waals surface area contributed by atoms with Crippen molar-refractivity contribution in [2.45, 2.75) is 48.1 Å². The van der Waals surface area contributed by atoms with Crippen molar-refractivity contribution in [1.29, 1.82) is 0 Å². The van der Waals surface area contributed by atoms with Crippen molar-refractivity contribution in [3.8, 4) is 0 Å². The third-order valence-corrected chi connectivity index (χ3v) is 3.12. The number of alkyl halides is 3. The maximum atomic E-state index is 11.3. The molecule has 0 bridgehead atoms. The van der Waals surface area contributed by atoms with E-state index in [-0.39, 0.29) is 12.8 Å². The largest absolute Gasteiger partial charge is 0.458 e. The van der Waals surface area contributed by atoms with Crippen LogP contribution in [0.3, 0.4) is 0 Å². The summed E-state index contributed by atoms with van der Waals surface area (Å²) < 4.78 is 3.22. The van der Waals surface area contributed by atoms with Crippen LogP contribution >= 0.6 is 34.8 Å². The summed E-state index contributed by atoms with van der Waals surface area (Å²) in [5, 5.41) is 10.1. The van der Waals surface area contributed by atoms with E-state index in [4.69, 9.17) is 39.5 Å². The fourth-order valence-electron chi connectivity index (χ4n) is 1.77. The number of aliphatic hydroxyl groups is 1. The predicted molar refractivity (Wildman–Crippen MR) is 59.3 cm³/mol. The molecule has 0 aromatic heterocycles. The molecule has 0 spiro atoms. The zero-order chi connectivity index (χ0) is 11.7. The lowest BCUT2D eigenvalue weighted by Crippen LogP contribution is -2.47.